The quantitative estimate of drug-likeness (QED) is 0.0261. The van der Waals surface area contributed by atoms with E-state index in [4.69, 9.17) is 14.2 Å². The molecule has 6 heteroatoms. The zero-order chi connectivity index (χ0) is 55.7. The number of ether oxygens (including phenoxy) is 3. The normalized spacial score (nSPS) is 12.9. The highest BCUT2D eigenvalue weighted by atomic mass is 16.6. The van der Waals surface area contributed by atoms with Crippen LogP contribution in [0.3, 0.4) is 0 Å². The van der Waals surface area contributed by atoms with Gasteiger partial charge in [-0.15, -0.1) is 0 Å². The largest absolute Gasteiger partial charge is 0.462 e. The van der Waals surface area contributed by atoms with Crippen molar-refractivity contribution in [2.24, 2.45) is 0 Å². The highest BCUT2D eigenvalue weighted by molar-refractivity contribution is 5.71. The third-order valence-corrected chi connectivity index (χ3v) is 13.4. The third-order valence-electron chi connectivity index (χ3n) is 13.4. The van der Waals surface area contributed by atoms with Gasteiger partial charge in [-0.2, -0.15) is 0 Å². The molecule has 6 nitrogen and oxygen atoms in total. The van der Waals surface area contributed by atoms with E-state index in [0.717, 1.165) is 96.3 Å². The lowest BCUT2D eigenvalue weighted by atomic mass is 10.0. The van der Waals surface area contributed by atoms with Crippen molar-refractivity contribution in [2.45, 2.75) is 297 Å². The lowest BCUT2D eigenvalue weighted by molar-refractivity contribution is -0.166. The predicted octanol–water partition coefficient (Wildman–Crippen LogP) is 22.0. The van der Waals surface area contributed by atoms with Crippen molar-refractivity contribution >= 4 is 17.9 Å². The maximum Gasteiger partial charge on any atom is 0.306 e. The summed E-state index contributed by atoms with van der Waals surface area (Å²) in [4.78, 5) is 38.3. The molecule has 0 aliphatic carbocycles. The first-order valence-corrected chi connectivity index (χ1v) is 32.0. The van der Waals surface area contributed by atoms with Crippen molar-refractivity contribution in [1.82, 2.24) is 0 Å². The molecule has 0 bridgehead atoms. The number of carbonyl (C=O) groups excluding carboxylic acids is 3. The van der Waals surface area contributed by atoms with Crippen LogP contribution in [0, 0.1) is 0 Å². The lowest BCUT2D eigenvalue weighted by Crippen LogP contribution is -2.30. The highest BCUT2D eigenvalue weighted by Crippen LogP contribution is 2.16. The van der Waals surface area contributed by atoms with E-state index in [2.05, 4.69) is 136 Å². The molecule has 0 rings (SSSR count). The van der Waals surface area contributed by atoms with Gasteiger partial charge >= 0.3 is 17.9 Å². The van der Waals surface area contributed by atoms with Crippen LogP contribution in [0.25, 0.3) is 0 Å². The zero-order valence-corrected chi connectivity index (χ0v) is 50.2. The average molecular weight is 1070 g/mol. The van der Waals surface area contributed by atoms with Gasteiger partial charge < -0.3 is 14.2 Å². The van der Waals surface area contributed by atoms with Crippen molar-refractivity contribution in [2.75, 3.05) is 13.2 Å². The number of unbranched alkanes of at least 4 members (excludes halogenated alkanes) is 26. The third kappa shape index (κ3) is 62.5. The highest BCUT2D eigenvalue weighted by Gasteiger charge is 2.19. The zero-order valence-electron chi connectivity index (χ0n) is 50.2. The molecule has 1 atom stereocenters. The number of esters is 3. The summed E-state index contributed by atoms with van der Waals surface area (Å²) in [6.07, 6.45) is 89.4. The van der Waals surface area contributed by atoms with Crippen molar-refractivity contribution in [1.29, 1.82) is 0 Å². The second-order valence-electron chi connectivity index (χ2n) is 20.9. The van der Waals surface area contributed by atoms with E-state index >= 15 is 0 Å². The summed E-state index contributed by atoms with van der Waals surface area (Å²) in [6, 6.07) is 0. The average Bonchev–Trinajstić information content (AvgIpc) is 3.43. The molecule has 77 heavy (non-hydrogen) atoms. The van der Waals surface area contributed by atoms with E-state index in [1.807, 2.05) is 6.08 Å². The van der Waals surface area contributed by atoms with Crippen molar-refractivity contribution in [3.63, 3.8) is 0 Å². The van der Waals surface area contributed by atoms with Gasteiger partial charge in [-0.05, 0) is 116 Å². The Morgan fingerprint density at radius 1 is 0.273 bits per heavy atom. The second-order valence-corrected chi connectivity index (χ2v) is 20.9. The molecule has 0 aliphatic heterocycles. The van der Waals surface area contributed by atoms with Crippen LogP contribution in [0.1, 0.15) is 290 Å². The molecule has 0 amide bonds. The minimum absolute atomic E-state index is 0.104. The van der Waals surface area contributed by atoms with Crippen LogP contribution in [-0.2, 0) is 28.6 Å². The minimum atomic E-state index is -0.814. The summed E-state index contributed by atoms with van der Waals surface area (Å²) in [7, 11) is 0. The SMILES string of the molecule is CC/C=C\C/C=C\C/C=C\C/C=C\CCCCCCCCCCCCCCC(=O)OCC(COC(=O)CC/C=C\C/C=C\C/C=C\C/C=C\CC)OC(=O)CCCCCCCCCCC/C=C\C/C=C\CCCCCCC. The van der Waals surface area contributed by atoms with E-state index in [9.17, 15) is 14.4 Å². The van der Waals surface area contributed by atoms with Crippen LogP contribution in [0.5, 0.6) is 0 Å². The molecule has 1 unspecified atom stereocenters. The van der Waals surface area contributed by atoms with E-state index in [0.29, 0.717) is 19.3 Å². The number of carbonyl (C=O) groups is 3. The fourth-order valence-corrected chi connectivity index (χ4v) is 8.71. The van der Waals surface area contributed by atoms with Crippen molar-refractivity contribution < 1.29 is 28.6 Å². The number of hydrogen-bond donors (Lipinski definition) is 0. The van der Waals surface area contributed by atoms with Crippen molar-refractivity contribution in [3.8, 4) is 0 Å². The van der Waals surface area contributed by atoms with Crippen LogP contribution >= 0.6 is 0 Å². The van der Waals surface area contributed by atoms with Crippen LogP contribution in [0.15, 0.2) is 122 Å². The molecule has 0 aliphatic rings. The monoisotopic (exact) mass is 1070 g/mol. The van der Waals surface area contributed by atoms with E-state index in [1.54, 1.807) is 0 Å². The van der Waals surface area contributed by atoms with Gasteiger partial charge in [0.05, 0.1) is 0 Å². The summed E-state index contributed by atoms with van der Waals surface area (Å²) >= 11 is 0. The standard InChI is InChI=1S/C71H118O6/c1-4-7-10-13-16-19-22-25-27-29-31-33-34-35-36-38-39-41-43-46-49-52-55-58-61-64-70(73)76-67-68(66-75-69(72)63-60-57-54-51-48-45-24-21-18-15-12-9-6-3)77-71(74)65-62-59-56-53-50-47-44-42-40-37-32-30-28-26-23-20-17-14-11-8-5-2/h7,9-10,12,16,18-19,21,23,25-27,30-33,45,48,54,57,68H,4-6,8,11,13-15,17,20,22,24,28-29,34-44,46-47,49-53,55-56,58-67H2,1-3H3/b10-7-,12-9-,19-16-,21-18-,26-23-,27-25-,32-30-,33-31-,48-45-,57-54-. The fraction of sp³-hybridized carbons (Fsp3) is 0.676. The Morgan fingerprint density at radius 3 is 0.870 bits per heavy atom. The fourth-order valence-electron chi connectivity index (χ4n) is 8.71. The number of rotatable bonds is 57. The summed E-state index contributed by atoms with van der Waals surface area (Å²) < 4.78 is 16.8. The molecule has 438 valence electrons. The summed E-state index contributed by atoms with van der Waals surface area (Å²) in [6.45, 7) is 6.35. The summed E-state index contributed by atoms with van der Waals surface area (Å²) in [5.74, 6) is -0.991. The van der Waals surface area contributed by atoms with E-state index < -0.39 is 6.10 Å². The first-order valence-electron chi connectivity index (χ1n) is 32.0. The molecule has 0 fully saturated rings. The van der Waals surface area contributed by atoms with Crippen LogP contribution in [0.2, 0.25) is 0 Å². The Bertz CT molecular complexity index is 1600. The molecule has 0 N–H and O–H groups in total. The van der Waals surface area contributed by atoms with Gasteiger partial charge in [-0.3, -0.25) is 14.4 Å². The molecule has 0 saturated heterocycles. The molecule has 0 saturated carbocycles. The van der Waals surface area contributed by atoms with Gasteiger partial charge in [0.2, 0.25) is 0 Å². The topological polar surface area (TPSA) is 78.9 Å². The maximum absolute atomic E-state index is 12.9. The Balaban J connectivity index is 4.37. The predicted molar refractivity (Wildman–Crippen MR) is 334 cm³/mol. The molecule has 0 heterocycles. The summed E-state index contributed by atoms with van der Waals surface area (Å²) in [5, 5.41) is 0. The Labute approximate surface area is 475 Å². The van der Waals surface area contributed by atoms with Crippen molar-refractivity contribution in [3.05, 3.63) is 122 Å². The first kappa shape index (κ1) is 72.8. The maximum atomic E-state index is 12.9. The molecular weight excluding hydrogens is 949 g/mol. The van der Waals surface area contributed by atoms with Crippen LogP contribution < -0.4 is 0 Å². The molecule has 0 radical (unpaired) electrons. The Morgan fingerprint density at radius 2 is 0.532 bits per heavy atom. The van der Waals surface area contributed by atoms with Crippen LogP contribution in [-0.4, -0.2) is 37.2 Å². The summed E-state index contributed by atoms with van der Waals surface area (Å²) in [5.41, 5.74) is 0. The molecule has 0 spiro atoms. The smallest absolute Gasteiger partial charge is 0.306 e. The Kier molecular flexibility index (Phi) is 60.8. The molecule has 0 aromatic carbocycles. The molecular formula is C71H118O6. The van der Waals surface area contributed by atoms with Gasteiger partial charge in [0.15, 0.2) is 6.10 Å². The number of hydrogen-bond acceptors (Lipinski definition) is 6. The Hall–Kier alpha value is -4.19. The first-order chi connectivity index (χ1) is 38.0. The van der Waals surface area contributed by atoms with Gasteiger partial charge in [0.25, 0.3) is 0 Å². The van der Waals surface area contributed by atoms with Gasteiger partial charge in [0.1, 0.15) is 13.2 Å². The number of allylic oxidation sites excluding steroid dienone is 20. The van der Waals surface area contributed by atoms with Crippen LogP contribution in [0.4, 0.5) is 0 Å². The van der Waals surface area contributed by atoms with E-state index in [1.165, 1.54) is 148 Å². The van der Waals surface area contributed by atoms with Gasteiger partial charge in [-0.1, -0.05) is 277 Å². The van der Waals surface area contributed by atoms with Gasteiger partial charge in [-0.25, -0.2) is 0 Å². The van der Waals surface area contributed by atoms with E-state index in [-0.39, 0.29) is 37.5 Å². The molecule has 0 aromatic heterocycles. The van der Waals surface area contributed by atoms with Gasteiger partial charge in [0, 0.05) is 19.3 Å². The molecule has 0 aromatic rings. The lowest BCUT2D eigenvalue weighted by Gasteiger charge is -2.18. The second kappa shape index (κ2) is 64.3. The minimum Gasteiger partial charge on any atom is -0.462 e.